The van der Waals surface area contributed by atoms with Gasteiger partial charge in [-0.1, -0.05) is 12.1 Å². The summed E-state index contributed by atoms with van der Waals surface area (Å²) < 4.78 is 29.2. The number of carbonyl (C=O) groups excluding carboxylic acids is 1. The van der Waals surface area contributed by atoms with E-state index >= 15 is 0 Å². The van der Waals surface area contributed by atoms with Crippen molar-refractivity contribution >= 4 is 21.4 Å². The van der Waals surface area contributed by atoms with Crippen LogP contribution in [0.1, 0.15) is 19.3 Å². The van der Waals surface area contributed by atoms with Gasteiger partial charge in [0.2, 0.25) is 5.91 Å². The number of anilines is 1. The molecular weight excluding hydrogens is 378 g/mol. The summed E-state index contributed by atoms with van der Waals surface area (Å²) >= 11 is 0. The number of piperazine rings is 1. The summed E-state index contributed by atoms with van der Waals surface area (Å²) in [5.41, 5.74) is 1.09. The summed E-state index contributed by atoms with van der Waals surface area (Å²) in [5.74, 6) is 1.31. The van der Waals surface area contributed by atoms with Crippen LogP contribution in [0.3, 0.4) is 0 Å². The first-order valence-corrected chi connectivity index (χ1v) is 11.9. The van der Waals surface area contributed by atoms with Crippen molar-refractivity contribution in [3.8, 4) is 5.75 Å². The number of amides is 1. The number of para-hydroxylation sites is 2. The fourth-order valence-electron chi connectivity index (χ4n) is 4.36. The largest absolute Gasteiger partial charge is 0.495 e. The molecule has 1 amide bonds. The van der Waals surface area contributed by atoms with Crippen LogP contribution >= 0.6 is 0 Å². The Morgan fingerprint density at radius 2 is 1.82 bits per heavy atom. The van der Waals surface area contributed by atoms with Crippen LogP contribution in [0.2, 0.25) is 0 Å². The van der Waals surface area contributed by atoms with Crippen molar-refractivity contribution in [2.24, 2.45) is 0 Å². The zero-order chi connectivity index (χ0) is 19.7. The Bertz CT molecular complexity index is 816. The topological polar surface area (TPSA) is 70.2 Å². The van der Waals surface area contributed by atoms with Gasteiger partial charge in [-0.3, -0.25) is 9.69 Å². The van der Waals surface area contributed by atoms with Crippen LogP contribution in [0.15, 0.2) is 24.3 Å². The molecule has 0 N–H and O–H groups in total. The third-order valence-electron chi connectivity index (χ3n) is 5.99. The van der Waals surface area contributed by atoms with Crippen molar-refractivity contribution in [3.63, 3.8) is 0 Å². The SMILES string of the molecule is COc1ccccc1N1CCN(CC(=O)N(C2CC2)[C@H]2CCS(=O)(=O)C2)CC1. The minimum absolute atomic E-state index is 0.0929. The molecule has 1 aromatic carbocycles. The molecule has 0 aromatic heterocycles. The van der Waals surface area contributed by atoms with E-state index in [1.54, 1.807) is 7.11 Å². The second kappa shape index (κ2) is 7.91. The zero-order valence-corrected chi connectivity index (χ0v) is 17.2. The van der Waals surface area contributed by atoms with Gasteiger partial charge in [0, 0.05) is 38.3 Å². The average Bonchev–Trinajstić information content (AvgIpc) is 3.45. The maximum absolute atomic E-state index is 13.0. The third kappa shape index (κ3) is 4.27. The predicted molar refractivity (Wildman–Crippen MR) is 109 cm³/mol. The van der Waals surface area contributed by atoms with Crippen molar-refractivity contribution < 1.29 is 17.9 Å². The highest BCUT2D eigenvalue weighted by atomic mass is 32.2. The molecule has 3 aliphatic rings. The molecule has 28 heavy (non-hydrogen) atoms. The lowest BCUT2D eigenvalue weighted by Crippen LogP contribution is -2.52. The van der Waals surface area contributed by atoms with E-state index in [1.165, 1.54) is 0 Å². The summed E-state index contributed by atoms with van der Waals surface area (Å²) in [5, 5.41) is 0. The Hall–Kier alpha value is -1.80. The Morgan fingerprint density at radius 1 is 1.11 bits per heavy atom. The average molecular weight is 408 g/mol. The van der Waals surface area contributed by atoms with Gasteiger partial charge in [-0.15, -0.1) is 0 Å². The Morgan fingerprint density at radius 3 is 2.43 bits per heavy atom. The van der Waals surface area contributed by atoms with Crippen molar-refractivity contribution in [2.45, 2.75) is 31.3 Å². The number of sulfone groups is 1. The number of hydrogen-bond acceptors (Lipinski definition) is 6. The molecule has 3 fully saturated rings. The molecule has 8 heteroatoms. The van der Waals surface area contributed by atoms with E-state index in [9.17, 15) is 13.2 Å². The molecule has 7 nitrogen and oxygen atoms in total. The molecule has 4 rings (SSSR count). The van der Waals surface area contributed by atoms with Gasteiger partial charge >= 0.3 is 0 Å². The van der Waals surface area contributed by atoms with Crippen molar-refractivity contribution in [1.82, 2.24) is 9.80 Å². The fraction of sp³-hybridized carbons (Fsp3) is 0.650. The molecule has 0 radical (unpaired) electrons. The molecule has 1 atom stereocenters. The summed E-state index contributed by atoms with van der Waals surface area (Å²) in [6.07, 6.45) is 2.60. The normalized spacial score (nSPS) is 24.9. The van der Waals surface area contributed by atoms with E-state index < -0.39 is 9.84 Å². The van der Waals surface area contributed by atoms with Gasteiger partial charge in [-0.25, -0.2) is 8.42 Å². The second-order valence-electron chi connectivity index (χ2n) is 8.02. The Kier molecular flexibility index (Phi) is 5.51. The molecule has 0 spiro atoms. The molecule has 1 aliphatic carbocycles. The quantitative estimate of drug-likeness (QED) is 0.701. The van der Waals surface area contributed by atoms with Crippen LogP contribution in [0.5, 0.6) is 5.75 Å². The fourth-order valence-corrected chi connectivity index (χ4v) is 6.08. The number of ether oxygens (including phenoxy) is 1. The summed E-state index contributed by atoms with van der Waals surface area (Å²) in [4.78, 5) is 19.4. The van der Waals surface area contributed by atoms with Gasteiger partial charge in [0.1, 0.15) is 5.75 Å². The standard InChI is InChI=1S/C20H29N3O4S/c1-27-19-5-3-2-4-18(19)22-11-9-21(10-12-22)14-20(24)23(16-6-7-16)17-8-13-28(25,26)15-17/h2-5,16-17H,6-15H2,1H3/t17-/m0/s1. The number of hydrogen-bond donors (Lipinski definition) is 0. The molecule has 0 bridgehead atoms. The highest BCUT2D eigenvalue weighted by molar-refractivity contribution is 7.91. The lowest BCUT2D eigenvalue weighted by atomic mass is 10.2. The minimum atomic E-state index is -2.98. The molecule has 2 heterocycles. The first kappa shape index (κ1) is 19.5. The van der Waals surface area contributed by atoms with E-state index in [1.807, 2.05) is 23.1 Å². The van der Waals surface area contributed by atoms with E-state index in [0.29, 0.717) is 13.0 Å². The van der Waals surface area contributed by atoms with Crippen LogP contribution < -0.4 is 9.64 Å². The highest BCUT2D eigenvalue weighted by Gasteiger charge is 2.42. The molecule has 0 unspecified atom stereocenters. The molecule has 1 saturated carbocycles. The molecule has 2 aliphatic heterocycles. The number of methoxy groups -OCH3 is 1. The van der Waals surface area contributed by atoms with Crippen LogP contribution in [0.4, 0.5) is 5.69 Å². The van der Waals surface area contributed by atoms with Gasteiger partial charge in [0.15, 0.2) is 9.84 Å². The monoisotopic (exact) mass is 407 g/mol. The van der Waals surface area contributed by atoms with E-state index in [-0.39, 0.29) is 29.5 Å². The first-order valence-electron chi connectivity index (χ1n) is 10.1. The second-order valence-corrected chi connectivity index (χ2v) is 10.3. The zero-order valence-electron chi connectivity index (χ0n) is 16.4. The van der Waals surface area contributed by atoms with E-state index in [0.717, 1.165) is 50.5 Å². The summed E-state index contributed by atoms with van der Waals surface area (Å²) in [6, 6.07) is 8.13. The van der Waals surface area contributed by atoms with Gasteiger partial charge < -0.3 is 14.5 Å². The maximum Gasteiger partial charge on any atom is 0.237 e. The molecule has 154 valence electrons. The highest BCUT2D eigenvalue weighted by Crippen LogP contribution is 2.33. The number of nitrogens with zero attached hydrogens (tertiary/aromatic N) is 3. The predicted octanol–water partition coefficient (Wildman–Crippen LogP) is 0.995. The first-order chi connectivity index (χ1) is 13.5. The third-order valence-corrected chi connectivity index (χ3v) is 7.74. The van der Waals surface area contributed by atoms with Crippen LogP contribution in [-0.4, -0.2) is 87.5 Å². The lowest BCUT2D eigenvalue weighted by molar-refractivity contribution is -0.135. The lowest BCUT2D eigenvalue weighted by Gasteiger charge is -2.37. The van der Waals surface area contributed by atoms with Gasteiger partial charge in [-0.2, -0.15) is 0 Å². The van der Waals surface area contributed by atoms with Crippen molar-refractivity contribution in [2.75, 3.05) is 56.2 Å². The van der Waals surface area contributed by atoms with Gasteiger partial charge in [0.05, 0.1) is 30.8 Å². The molecular formula is C20H29N3O4S. The Balaban J connectivity index is 1.34. The van der Waals surface area contributed by atoms with Crippen LogP contribution in [0.25, 0.3) is 0 Å². The Labute approximate surface area is 167 Å². The number of carbonyl (C=O) groups is 1. The minimum Gasteiger partial charge on any atom is -0.495 e. The van der Waals surface area contributed by atoms with Gasteiger partial charge in [-0.05, 0) is 31.4 Å². The molecule has 2 saturated heterocycles. The summed E-state index contributed by atoms with van der Waals surface area (Å²) in [6.45, 7) is 3.69. The van der Waals surface area contributed by atoms with Gasteiger partial charge in [0.25, 0.3) is 0 Å². The maximum atomic E-state index is 13.0. The summed E-state index contributed by atoms with van der Waals surface area (Å²) in [7, 11) is -1.30. The van der Waals surface area contributed by atoms with Crippen LogP contribution in [0, 0.1) is 0 Å². The number of rotatable bonds is 6. The van der Waals surface area contributed by atoms with Crippen molar-refractivity contribution in [1.29, 1.82) is 0 Å². The number of benzene rings is 1. The van der Waals surface area contributed by atoms with Crippen molar-refractivity contribution in [3.05, 3.63) is 24.3 Å². The molecule has 1 aromatic rings. The van der Waals surface area contributed by atoms with E-state index in [4.69, 9.17) is 4.74 Å². The van der Waals surface area contributed by atoms with Crippen LogP contribution in [-0.2, 0) is 14.6 Å². The smallest absolute Gasteiger partial charge is 0.237 e. The van der Waals surface area contributed by atoms with E-state index in [2.05, 4.69) is 15.9 Å².